The molecule has 1 aromatic carbocycles. The van der Waals surface area contributed by atoms with Gasteiger partial charge in [0.05, 0.1) is 0 Å². The molecule has 0 bridgehead atoms. The van der Waals surface area contributed by atoms with Crippen LogP contribution in [0.25, 0.3) is 0 Å². The van der Waals surface area contributed by atoms with Crippen LogP contribution in [0.4, 0.5) is 10.5 Å². The van der Waals surface area contributed by atoms with E-state index in [-0.39, 0.29) is 6.03 Å². The van der Waals surface area contributed by atoms with Crippen molar-refractivity contribution in [2.24, 2.45) is 0 Å². The summed E-state index contributed by atoms with van der Waals surface area (Å²) < 4.78 is 0. The van der Waals surface area contributed by atoms with Gasteiger partial charge in [0.1, 0.15) is 0 Å². The van der Waals surface area contributed by atoms with Crippen LogP contribution in [0, 0.1) is 0 Å². The quantitative estimate of drug-likeness (QED) is 0.846. The minimum absolute atomic E-state index is 0.0260. The van der Waals surface area contributed by atoms with E-state index in [0.29, 0.717) is 10.9 Å². The van der Waals surface area contributed by atoms with Crippen LogP contribution < -0.4 is 5.32 Å². The highest BCUT2D eigenvalue weighted by Gasteiger charge is 2.24. The third-order valence-electron chi connectivity index (χ3n) is 3.82. The van der Waals surface area contributed by atoms with Gasteiger partial charge >= 0.3 is 6.03 Å². The number of anilines is 1. The topological polar surface area (TPSA) is 32.3 Å². The molecular formula is C16H17ClN2OS. The number of benzene rings is 1. The number of piperidine rings is 1. The molecule has 0 saturated carbocycles. The molecule has 2 amide bonds. The van der Waals surface area contributed by atoms with Crippen LogP contribution in [0.1, 0.15) is 23.6 Å². The van der Waals surface area contributed by atoms with Crippen molar-refractivity contribution in [2.45, 2.75) is 18.8 Å². The monoisotopic (exact) mass is 320 g/mol. The zero-order valence-corrected chi connectivity index (χ0v) is 13.2. The van der Waals surface area contributed by atoms with Gasteiger partial charge in [-0.3, -0.25) is 0 Å². The van der Waals surface area contributed by atoms with Gasteiger partial charge in [0.15, 0.2) is 0 Å². The number of carbonyl (C=O) groups excluding carboxylic acids is 1. The third-order valence-corrected chi connectivity index (χ3v) is 5.11. The molecule has 0 aliphatic carbocycles. The maximum atomic E-state index is 12.2. The maximum absolute atomic E-state index is 12.2. The zero-order chi connectivity index (χ0) is 14.7. The van der Waals surface area contributed by atoms with Crippen molar-refractivity contribution in [1.29, 1.82) is 0 Å². The number of urea groups is 1. The standard InChI is InChI=1S/C16H17ClN2OS/c17-13-3-5-14(6-4-13)18-16(20)19-9-7-12(8-10-19)15-2-1-11-21-15/h1-6,11-12H,7-10H2,(H,18,20). The van der Waals surface area contributed by atoms with Gasteiger partial charge in [0, 0.05) is 28.7 Å². The van der Waals surface area contributed by atoms with Crippen LogP contribution in [0.15, 0.2) is 41.8 Å². The van der Waals surface area contributed by atoms with E-state index >= 15 is 0 Å². The summed E-state index contributed by atoms with van der Waals surface area (Å²) in [5.41, 5.74) is 0.782. The Kier molecular flexibility index (Phi) is 4.46. The molecule has 1 saturated heterocycles. The summed E-state index contributed by atoms with van der Waals surface area (Å²) in [6.45, 7) is 1.62. The molecule has 5 heteroatoms. The van der Waals surface area contributed by atoms with E-state index in [4.69, 9.17) is 11.6 Å². The Bertz CT molecular complexity index is 589. The van der Waals surface area contributed by atoms with E-state index in [2.05, 4.69) is 22.8 Å². The van der Waals surface area contributed by atoms with Gasteiger partial charge in [-0.15, -0.1) is 11.3 Å². The van der Waals surface area contributed by atoms with Crippen molar-refractivity contribution in [3.63, 3.8) is 0 Å². The highest BCUT2D eigenvalue weighted by Crippen LogP contribution is 2.31. The molecule has 0 atom stereocenters. The number of thiophene rings is 1. The van der Waals surface area contributed by atoms with Gasteiger partial charge in [0.25, 0.3) is 0 Å². The third kappa shape index (κ3) is 3.57. The second kappa shape index (κ2) is 6.50. The Balaban J connectivity index is 1.54. The molecule has 2 heterocycles. The average Bonchev–Trinajstić information content (AvgIpc) is 3.04. The van der Waals surface area contributed by atoms with Crippen LogP contribution in [-0.4, -0.2) is 24.0 Å². The minimum Gasteiger partial charge on any atom is -0.324 e. The van der Waals surface area contributed by atoms with E-state index < -0.39 is 0 Å². The van der Waals surface area contributed by atoms with Crippen molar-refractivity contribution >= 4 is 34.7 Å². The molecule has 21 heavy (non-hydrogen) atoms. The Morgan fingerprint density at radius 3 is 2.52 bits per heavy atom. The molecule has 1 aliphatic rings. The first-order chi connectivity index (χ1) is 10.2. The number of hydrogen-bond donors (Lipinski definition) is 1. The van der Waals surface area contributed by atoms with Crippen molar-refractivity contribution in [1.82, 2.24) is 4.90 Å². The van der Waals surface area contributed by atoms with E-state index in [1.54, 1.807) is 12.1 Å². The fraction of sp³-hybridized carbons (Fsp3) is 0.312. The lowest BCUT2D eigenvalue weighted by Crippen LogP contribution is -2.40. The summed E-state index contributed by atoms with van der Waals surface area (Å²) in [5, 5.41) is 5.71. The highest BCUT2D eigenvalue weighted by atomic mass is 35.5. The van der Waals surface area contributed by atoms with Gasteiger partial charge < -0.3 is 10.2 Å². The van der Waals surface area contributed by atoms with Crippen LogP contribution in [0.5, 0.6) is 0 Å². The van der Waals surface area contributed by atoms with Crippen molar-refractivity contribution in [3.8, 4) is 0 Å². The molecule has 0 radical (unpaired) electrons. The lowest BCUT2D eigenvalue weighted by Gasteiger charge is -2.31. The molecule has 0 unspecified atom stereocenters. The molecule has 1 N–H and O–H groups in total. The highest BCUT2D eigenvalue weighted by molar-refractivity contribution is 7.10. The zero-order valence-electron chi connectivity index (χ0n) is 11.6. The molecule has 1 aromatic heterocycles. The van der Waals surface area contributed by atoms with Gasteiger partial charge in [-0.25, -0.2) is 4.79 Å². The number of halogens is 1. The number of likely N-dealkylation sites (tertiary alicyclic amines) is 1. The number of amides is 2. The van der Waals surface area contributed by atoms with Crippen LogP contribution in [-0.2, 0) is 0 Å². The van der Waals surface area contributed by atoms with Crippen molar-refractivity contribution in [2.75, 3.05) is 18.4 Å². The summed E-state index contributed by atoms with van der Waals surface area (Å²) in [5.74, 6) is 0.601. The van der Waals surface area contributed by atoms with E-state index in [1.807, 2.05) is 28.4 Å². The summed E-state index contributed by atoms with van der Waals surface area (Å²) in [6.07, 6.45) is 2.07. The van der Waals surface area contributed by atoms with Gasteiger partial charge in [-0.2, -0.15) is 0 Å². The molecule has 2 aromatic rings. The normalized spacial score (nSPS) is 16.0. The lowest BCUT2D eigenvalue weighted by molar-refractivity contribution is 0.195. The Hall–Kier alpha value is -1.52. The first-order valence-electron chi connectivity index (χ1n) is 7.07. The number of nitrogens with one attached hydrogen (secondary N) is 1. The number of hydrogen-bond acceptors (Lipinski definition) is 2. The van der Waals surface area contributed by atoms with E-state index in [9.17, 15) is 4.79 Å². The summed E-state index contributed by atoms with van der Waals surface area (Å²) in [4.78, 5) is 15.6. The van der Waals surface area contributed by atoms with Crippen LogP contribution in [0.2, 0.25) is 5.02 Å². The smallest absolute Gasteiger partial charge is 0.321 e. The van der Waals surface area contributed by atoms with Crippen molar-refractivity contribution in [3.05, 3.63) is 51.7 Å². The first-order valence-corrected chi connectivity index (χ1v) is 8.33. The fourth-order valence-corrected chi connectivity index (χ4v) is 3.65. The number of rotatable bonds is 2. The lowest BCUT2D eigenvalue weighted by atomic mass is 9.95. The SMILES string of the molecule is O=C(Nc1ccc(Cl)cc1)N1CCC(c2cccs2)CC1. The largest absolute Gasteiger partial charge is 0.324 e. The summed E-state index contributed by atoms with van der Waals surface area (Å²) >= 11 is 7.65. The summed E-state index contributed by atoms with van der Waals surface area (Å²) in [6, 6.07) is 11.5. The number of carbonyl (C=O) groups is 1. The van der Waals surface area contributed by atoms with Gasteiger partial charge in [-0.05, 0) is 54.5 Å². The Morgan fingerprint density at radius 2 is 1.90 bits per heavy atom. The molecule has 3 nitrogen and oxygen atoms in total. The average molecular weight is 321 g/mol. The predicted octanol–water partition coefficient (Wildman–Crippen LogP) is 4.81. The molecular weight excluding hydrogens is 304 g/mol. The Labute approximate surface area is 133 Å². The second-order valence-electron chi connectivity index (χ2n) is 5.21. The second-order valence-corrected chi connectivity index (χ2v) is 6.63. The van der Waals surface area contributed by atoms with Crippen molar-refractivity contribution < 1.29 is 4.79 Å². The Morgan fingerprint density at radius 1 is 1.19 bits per heavy atom. The molecule has 1 fully saturated rings. The predicted molar refractivity (Wildman–Crippen MR) is 88.3 cm³/mol. The van der Waals surface area contributed by atoms with Crippen LogP contribution >= 0.6 is 22.9 Å². The molecule has 0 spiro atoms. The molecule has 110 valence electrons. The van der Waals surface area contributed by atoms with E-state index in [1.165, 1.54) is 4.88 Å². The molecule has 1 aliphatic heterocycles. The van der Waals surface area contributed by atoms with Gasteiger partial charge in [-0.1, -0.05) is 17.7 Å². The van der Waals surface area contributed by atoms with Crippen LogP contribution in [0.3, 0.4) is 0 Å². The fourth-order valence-electron chi connectivity index (χ4n) is 2.63. The number of nitrogens with zero attached hydrogens (tertiary/aromatic N) is 1. The first kappa shape index (κ1) is 14.4. The van der Waals surface area contributed by atoms with Gasteiger partial charge in [0.2, 0.25) is 0 Å². The summed E-state index contributed by atoms with van der Waals surface area (Å²) in [7, 11) is 0. The maximum Gasteiger partial charge on any atom is 0.321 e. The molecule has 3 rings (SSSR count). The van der Waals surface area contributed by atoms with E-state index in [0.717, 1.165) is 31.6 Å². The minimum atomic E-state index is -0.0260.